The quantitative estimate of drug-likeness (QED) is 0.883. The fourth-order valence-electron chi connectivity index (χ4n) is 2.07. The van der Waals surface area contributed by atoms with Crippen LogP contribution in [0.2, 0.25) is 5.02 Å². The molecule has 86 valence electrons. The lowest BCUT2D eigenvalue weighted by Gasteiger charge is -2.36. The van der Waals surface area contributed by atoms with Crippen LogP contribution < -0.4 is 5.32 Å². The number of rotatable bonds is 4. The van der Waals surface area contributed by atoms with Crippen molar-refractivity contribution in [2.45, 2.75) is 24.8 Å². The largest absolute Gasteiger partial charge is 0.309 e. The molecular formula is C13H15BrClN. The molecule has 1 nitrogen and oxygen atoms in total. The van der Waals surface area contributed by atoms with Crippen LogP contribution in [0.3, 0.4) is 0 Å². The first-order chi connectivity index (χ1) is 7.65. The number of nitrogens with one attached hydrogen (secondary N) is 1. The third-order valence-electron chi connectivity index (χ3n) is 3.04. The van der Waals surface area contributed by atoms with Crippen LogP contribution in [0.4, 0.5) is 0 Å². The molecular weight excluding hydrogens is 286 g/mol. The highest BCUT2D eigenvalue weighted by molar-refractivity contribution is 9.11. The van der Waals surface area contributed by atoms with Crippen LogP contribution in [0.25, 0.3) is 0 Å². The number of benzene rings is 1. The fourth-order valence-corrected chi connectivity index (χ4v) is 2.43. The standard InChI is InChI=1S/C13H15BrClN/c1-9(14)8-16-13-6-11(7-13)10-3-2-4-12(15)5-10/h2-5,11,13,16H,1,6-8H2. The Morgan fingerprint density at radius 3 is 2.88 bits per heavy atom. The van der Waals surface area contributed by atoms with Gasteiger partial charge in [0.05, 0.1) is 0 Å². The van der Waals surface area contributed by atoms with E-state index in [1.54, 1.807) is 0 Å². The van der Waals surface area contributed by atoms with Gasteiger partial charge in [0.25, 0.3) is 0 Å². The minimum absolute atomic E-state index is 0.623. The zero-order valence-corrected chi connectivity index (χ0v) is 11.4. The normalized spacial score (nSPS) is 23.9. The molecule has 0 amide bonds. The maximum atomic E-state index is 5.98. The van der Waals surface area contributed by atoms with E-state index in [2.05, 4.69) is 40.0 Å². The van der Waals surface area contributed by atoms with Crippen molar-refractivity contribution < 1.29 is 0 Å². The van der Waals surface area contributed by atoms with Crippen LogP contribution >= 0.6 is 27.5 Å². The van der Waals surface area contributed by atoms with Crippen molar-refractivity contribution in [1.29, 1.82) is 0 Å². The highest BCUT2D eigenvalue weighted by Gasteiger charge is 2.29. The molecule has 0 atom stereocenters. The number of hydrogen-bond donors (Lipinski definition) is 1. The van der Waals surface area contributed by atoms with E-state index in [1.165, 1.54) is 18.4 Å². The highest BCUT2D eigenvalue weighted by atomic mass is 79.9. The summed E-state index contributed by atoms with van der Waals surface area (Å²) in [6, 6.07) is 8.81. The lowest BCUT2D eigenvalue weighted by molar-refractivity contribution is 0.299. The Hall–Kier alpha value is -0.310. The smallest absolute Gasteiger partial charge is 0.0408 e. The van der Waals surface area contributed by atoms with Crippen molar-refractivity contribution in [3.63, 3.8) is 0 Å². The Morgan fingerprint density at radius 1 is 1.50 bits per heavy atom. The average Bonchev–Trinajstić information content (AvgIpc) is 2.14. The summed E-state index contributed by atoms with van der Waals surface area (Å²) in [5.74, 6) is 0.666. The molecule has 1 saturated carbocycles. The molecule has 0 aromatic heterocycles. The number of hydrogen-bond acceptors (Lipinski definition) is 1. The van der Waals surface area contributed by atoms with Crippen molar-refractivity contribution in [2.24, 2.45) is 0 Å². The van der Waals surface area contributed by atoms with Gasteiger partial charge < -0.3 is 5.32 Å². The second kappa shape index (κ2) is 5.35. The minimum atomic E-state index is 0.623. The summed E-state index contributed by atoms with van der Waals surface area (Å²) in [5, 5.41) is 4.29. The van der Waals surface area contributed by atoms with Gasteiger partial charge in [-0.1, -0.05) is 46.2 Å². The van der Waals surface area contributed by atoms with Crippen LogP contribution in [0, 0.1) is 0 Å². The van der Waals surface area contributed by atoms with Gasteiger partial charge in [0.1, 0.15) is 0 Å². The predicted molar refractivity (Wildman–Crippen MR) is 73.3 cm³/mol. The van der Waals surface area contributed by atoms with Crippen molar-refractivity contribution in [3.05, 3.63) is 45.9 Å². The monoisotopic (exact) mass is 299 g/mol. The van der Waals surface area contributed by atoms with Crippen LogP contribution in [-0.2, 0) is 0 Å². The van der Waals surface area contributed by atoms with E-state index in [0.717, 1.165) is 16.0 Å². The Bertz CT molecular complexity index is 385. The molecule has 0 saturated heterocycles. The van der Waals surface area contributed by atoms with Gasteiger partial charge in [-0.2, -0.15) is 0 Å². The SMILES string of the molecule is C=C(Br)CNC1CC(c2cccc(Cl)c2)C1. The molecule has 1 fully saturated rings. The summed E-state index contributed by atoms with van der Waals surface area (Å²) in [6.07, 6.45) is 2.39. The molecule has 0 unspecified atom stereocenters. The maximum Gasteiger partial charge on any atom is 0.0408 e. The zero-order chi connectivity index (χ0) is 11.5. The third-order valence-corrected chi connectivity index (χ3v) is 3.56. The molecule has 2 rings (SSSR count). The Kier molecular flexibility index (Phi) is 4.06. The average molecular weight is 301 g/mol. The first kappa shape index (κ1) is 12.2. The second-order valence-electron chi connectivity index (χ2n) is 4.32. The van der Waals surface area contributed by atoms with Crippen molar-refractivity contribution in [2.75, 3.05) is 6.54 Å². The summed E-state index contributed by atoms with van der Waals surface area (Å²) in [6.45, 7) is 4.67. The Labute approximate surface area is 110 Å². The van der Waals surface area contributed by atoms with E-state index in [0.29, 0.717) is 12.0 Å². The maximum absolute atomic E-state index is 5.98. The molecule has 1 aliphatic rings. The molecule has 0 bridgehead atoms. The van der Waals surface area contributed by atoms with E-state index in [-0.39, 0.29) is 0 Å². The molecule has 1 aromatic rings. The molecule has 0 radical (unpaired) electrons. The highest BCUT2D eigenvalue weighted by Crippen LogP contribution is 2.37. The van der Waals surface area contributed by atoms with Gasteiger partial charge in [0, 0.05) is 22.1 Å². The topological polar surface area (TPSA) is 12.0 Å². The zero-order valence-electron chi connectivity index (χ0n) is 9.05. The predicted octanol–water partition coefficient (Wildman–Crippen LogP) is 4.08. The Morgan fingerprint density at radius 2 is 2.25 bits per heavy atom. The summed E-state index contributed by atoms with van der Waals surface area (Å²) in [5.41, 5.74) is 1.36. The molecule has 1 N–H and O–H groups in total. The van der Waals surface area contributed by atoms with Gasteiger partial charge >= 0.3 is 0 Å². The van der Waals surface area contributed by atoms with E-state index in [1.807, 2.05) is 12.1 Å². The summed E-state index contributed by atoms with van der Waals surface area (Å²) in [7, 11) is 0. The molecule has 3 heteroatoms. The first-order valence-electron chi connectivity index (χ1n) is 5.47. The molecule has 1 aromatic carbocycles. The third kappa shape index (κ3) is 3.09. The summed E-state index contributed by atoms with van der Waals surface area (Å²) in [4.78, 5) is 0. The lowest BCUT2D eigenvalue weighted by Crippen LogP contribution is -2.40. The number of halogens is 2. The summed E-state index contributed by atoms with van der Waals surface area (Å²) < 4.78 is 1.01. The lowest BCUT2D eigenvalue weighted by atomic mass is 9.76. The van der Waals surface area contributed by atoms with E-state index >= 15 is 0 Å². The van der Waals surface area contributed by atoms with Gasteiger partial charge in [-0.15, -0.1) is 0 Å². The van der Waals surface area contributed by atoms with Crippen LogP contribution in [-0.4, -0.2) is 12.6 Å². The van der Waals surface area contributed by atoms with E-state index < -0.39 is 0 Å². The van der Waals surface area contributed by atoms with Crippen LogP contribution in [0.15, 0.2) is 35.3 Å². The van der Waals surface area contributed by atoms with Crippen LogP contribution in [0.5, 0.6) is 0 Å². The molecule has 1 aliphatic carbocycles. The van der Waals surface area contributed by atoms with Crippen molar-refractivity contribution >= 4 is 27.5 Å². The first-order valence-corrected chi connectivity index (χ1v) is 6.64. The van der Waals surface area contributed by atoms with Gasteiger partial charge in [0.15, 0.2) is 0 Å². The molecule has 0 heterocycles. The van der Waals surface area contributed by atoms with Gasteiger partial charge in [-0.3, -0.25) is 0 Å². The second-order valence-corrected chi connectivity index (χ2v) is 5.88. The van der Waals surface area contributed by atoms with Crippen molar-refractivity contribution in [3.8, 4) is 0 Å². The summed E-state index contributed by atoms with van der Waals surface area (Å²) >= 11 is 9.33. The van der Waals surface area contributed by atoms with Gasteiger partial charge in [-0.25, -0.2) is 0 Å². The molecule has 0 spiro atoms. The van der Waals surface area contributed by atoms with E-state index in [4.69, 9.17) is 11.6 Å². The van der Waals surface area contributed by atoms with Gasteiger partial charge in [-0.05, 0) is 36.5 Å². The fraction of sp³-hybridized carbons (Fsp3) is 0.385. The van der Waals surface area contributed by atoms with Gasteiger partial charge in [0.2, 0.25) is 0 Å². The Balaban J connectivity index is 1.82. The van der Waals surface area contributed by atoms with Crippen molar-refractivity contribution in [1.82, 2.24) is 5.32 Å². The molecule has 0 aliphatic heterocycles. The molecule has 16 heavy (non-hydrogen) atoms. The van der Waals surface area contributed by atoms with E-state index in [9.17, 15) is 0 Å². The minimum Gasteiger partial charge on any atom is -0.309 e. The van der Waals surface area contributed by atoms with Crippen LogP contribution in [0.1, 0.15) is 24.3 Å².